The van der Waals surface area contributed by atoms with E-state index in [-0.39, 0.29) is 6.54 Å². The number of rotatable bonds is 6. The molecule has 0 aliphatic carbocycles. The summed E-state index contributed by atoms with van der Waals surface area (Å²) in [7, 11) is 2.70. The summed E-state index contributed by atoms with van der Waals surface area (Å²) >= 11 is 0. The largest absolute Gasteiger partial charge is 0.497 e. The number of hydrogen-bond acceptors (Lipinski definition) is 6. The monoisotopic (exact) mass is 281 g/mol. The van der Waals surface area contributed by atoms with E-state index >= 15 is 0 Å². The zero-order valence-electron chi connectivity index (χ0n) is 11.2. The molecule has 1 N–H and O–H groups in total. The number of carbonyl (C=O) groups is 3. The van der Waals surface area contributed by atoms with E-state index in [1.165, 1.54) is 14.2 Å². The first-order valence-corrected chi connectivity index (χ1v) is 5.71. The molecule has 0 radical (unpaired) electrons. The Balaban J connectivity index is 2.38. The minimum Gasteiger partial charge on any atom is -0.497 e. The molecule has 0 unspecified atom stereocenters. The summed E-state index contributed by atoms with van der Waals surface area (Å²) in [6, 6.07) is 6.39. The van der Waals surface area contributed by atoms with Crippen molar-refractivity contribution in [3.8, 4) is 5.75 Å². The molecule has 0 saturated carbocycles. The van der Waals surface area contributed by atoms with E-state index in [9.17, 15) is 14.4 Å². The molecule has 0 heterocycles. The van der Waals surface area contributed by atoms with Crippen LogP contribution in [0.2, 0.25) is 0 Å². The second kappa shape index (κ2) is 7.78. The quantitative estimate of drug-likeness (QED) is 0.746. The zero-order valence-corrected chi connectivity index (χ0v) is 11.2. The number of carbonyl (C=O) groups excluding carboxylic acids is 3. The van der Waals surface area contributed by atoms with Crippen molar-refractivity contribution < 1.29 is 28.6 Å². The van der Waals surface area contributed by atoms with Crippen LogP contribution in [0.3, 0.4) is 0 Å². The molecule has 1 rings (SSSR count). The average molecular weight is 281 g/mol. The van der Waals surface area contributed by atoms with Crippen LogP contribution in [-0.2, 0) is 19.1 Å². The zero-order chi connectivity index (χ0) is 15.0. The minimum absolute atomic E-state index is 0.331. The maximum absolute atomic E-state index is 11.7. The molecule has 0 fully saturated rings. The highest BCUT2D eigenvalue weighted by atomic mass is 16.6. The van der Waals surface area contributed by atoms with Gasteiger partial charge in [-0.25, -0.2) is 4.79 Å². The van der Waals surface area contributed by atoms with E-state index in [1.807, 2.05) is 0 Å². The summed E-state index contributed by atoms with van der Waals surface area (Å²) < 4.78 is 13.8. The van der Waals surface area contributed by atoms with E-state index in [4.69, 9.17) is 4.74 Å². The van der Waals surface area contributed by atoms with Gasteiger partial charge in [0.2, 0.25) is 0 Å². The Morgan fingerprint density at radius 2 is 1.70 bits per heavy atom. The molecule has 108 valence electrons. The van der Waals surface area contributed by atoms with E-state index in [1.54, 1.807) is 24.3 Å². The van der Waals surface area contributed by atoms with Crippen LogP contribution in [-0.4, -0.2) is 45.2 Å². The van der Waals surface area contributed by atoms with Gasteiger partial charge in [0.15, 0.2) is 6.61 Å². The molecule has 0 saturated heterocycles. The van der Waals surface area contributed by atoms with Crippen LogP contribution < -0.4 is 10.1 Å². The van der Waals surface area contributed by atoms with Gasteiger partial charge in [0.1, 0.15) is 12.3 Å². The lowest BCUT2D eigenvalue weighted by Crippen LogP contribution is -2.31. The third-order valence-corrected chi connectivity index (χ3v) is 2.32. The Kier molecular flexibility index (Phi) is 6.02. The third kappa shape index (κ3) is 4.97. The summed E-state index contributed by atoms with van der Waals surface area (Å²) in [5.74, 6) is -1.20. The molecule has 0 aromatic heterocycles. The second-order valence-electron chi connectivity index (χ2n) is 3.65. The Morgan fingerprint density at radius 3 is 2.25 bits per heavy atom. The van der Waals surface area contributed by atoms with Crippen molar-refractivity contribution in [1.82, 2.24) is 5.32 Å². The molecule has 1 amide bonds. The number of methoxy groups -OCH3 is 2. The smallest absolute Gasteiger partial charge is 0.344 e. The number of nitrogens with one attached hydrogen (secondary N) is 1. The Labute approximate surface area is 115 Å². The molecule has 0 spiro atoms. The Morgan fingerprint density at radius 1 is 1.05 bits per heavy atom. The number of benzene rings is 1. The SMILES string of the molecule is COC(=O)COC(=O)CNC(=O)c1ccc(OC)cc1. The highest BCUT2D eigenvalue weighted by Gasteiger charge is 2.10. The first kappa shape index (κ1) is 15.5. The first-order chi connectivity index (χ1) is 9.56. The van der Waals surface area contributed by atoms with Crippen molar-refractivity contribution in [2.45, 2.75) is 0 Å². The van der Waals surface area contributed by atoms with Crippen LogP contribution in [0, 0.1) is 0 Å². The number of esters is 2. The average Bonchev–Trinajstić information content (AvgIpc) is 2.50. The van der Waals surface area contributed by atoms with E-state index in [2.05, 4.69) is 14.8 Å². The van der Waals surface area contributed by atoms with Crippen LogP contribution in [0.4, 0.5) is 0 Å². The van der Waals surface area contributed by atoms with Crippen molar-refractivity contribution in [3.63, 3.8) is 0 Å². The fraction of sp³-hybridized carbons (Fsp3) is 0.308. The molecule has 20 heavy (non-hydrogen) atoms. The molecule has 7 nitrogen and oxygen atoms in total. The van der Waals surface area contributed by atoms with Gasteiger partial charge in [-0.2, -0.15) is 0 Å². The fourth-order valence-electron chi connectivity index (χ4n) is 1.25. The van der Waals surface area contributed by atoms with E-state index < -0.39 is 24.5 Å². The molecule has 0 aliphatic heterocycles. The molecule has 0 bridgehead atoms. The molecular weight excluding hydrogens is 266 g/mol. The van der Waals surface area contributed by atoms with Gasteiger partial charge in [-0.1, -0.05) is 0 Å². The number of ether oxygens (including phenoxy) is 3. The molecule has 0 aliphatic rings. The topological polar surface area (TPSA) is 90.9 Å². The first-order valence-electron chi connectivity index (χ1n) is 5.71. The summed E-state index contributed by atoms with van der Waals surface area (Å²) in [4.78, 5) is 33.7. The normalized spacial score (nSPS) is 9.50. The standard InChI is InChI=1S/C13H15NO6/c1-18-10-5-3-9(4-6-10)13(17)14-7-11(15)20-8-12(16)19-2/h3-6H,7-8H2,1-2H3,(H,14,17). The number of amides is 1. The maximum Gasteiger partial charge on any atom is 0.344 e. The lowest BCUT2D eigenvalue weighted by atomic mass is 10.2. The van der Waals surface area contributed by atoms with Crippen LogP contribution in [0.5, 0.6) is 5.75 Å². The molecule has 1 aromatic carbocycles. The number of hydrogen-bond donors (Lipinski definition) is 1. The van der Waals surface area contributed by atoms with Crippen LogP contribution in [0.15, 0.2) is 24.3 Å². The third-order valence-electron chi connectivity index (χ3n) is 2.32. The van der Waals surface area contributed by atoms with Gasteiger partial charge in [0.25, 0.3) is 5.91 Å². The van der Waals surface area contributed by atoms with Gasteiger partial charge in [-0.3, -0.25) is 9.59 Å². The predicted molar refractivity (Wildman–Crippen MR) is 68.3 cm³/mol. The Bertz CT molecular complexity index is 482. The van der Waals surface area contributed by atoms with Crippen LogP contribution in [0.25, 0.3) is 0 Å². The highest BCUT2D eigenvalue weighted by Crippen LogP contribution is 2.10. The molecular formula is C13H15NO6. The van der Waals surface area contributed by atoms with E-state index in [0.29, 0.717) is 11.3 Å². The van der Waals surface area contributed by atoms with Gasteiger partial charge < -0.3 is 19.5 Å². The van der Waals surface area contributed by atoms with Crippen molar-refractivity contribution >= 4 is 17.8 Å². The van der Waals surface area contributed by atoms with Crippen LogP contribution >= 0.6 is 0 Å². The fourth-order valence-corrected chi connectivity index (χ4v) is 1.25. The van der Waals surface area contributed by atoms with Gasteiger partial charge in [-0.05, 0) is 24.3 Å². The Hall–Kier alpha value is -2.57. The van der Waals surface area contributed by atoms with Crippen molar-refractivity contribution in [1.29, 1.82) is 0 Å². The second-order valence-corrected chi connectivity index (χ2v) is 3.65. The van der Waals surface area contributed by atoms with Gasteiger partial charge in [0.05, 0.1) is 14.2 Å². The summed E-state index contributed by atoms with van der Waals surface area (Å²) in [6.45, 7) is -0.810. The predicted octanol–water partition coefficient (Wildman–Crippen LogP) is 0.141. The molecule has 1 aromatic rings. The summed E-state index contributed by atoms with van der Waals surface area (Å²) in [6.07, 6.45) is 0. The highest BCUT2D eigenvalue weighted by molar-refractivity contribution is 5.96. The van der Waals surface area contributed by atoms with Crippen molar-refractivity contribution in [3.05, 3.63) is 29.8 Å². The van der Waals surface area contributed by atoms with Crippen LogP contribution in [0.1, 0.15) is 10.4 Å². The van der Waals surface area contributed by atoms with E-state index in [0.717, 1.165) is 0 Å². The van der Waals surface area contributed by atoms with Gasteiger partial charge in [0, 0.05) is 5.56 Å². The molecule has 7 heteroatoms. The minimum atomic E-state index is -0.725. The lowest BCUT2D eigenvalue weighted by molar-refractivity contribution is -0.156. The van der Waals surface area contributed by atoms with Crippen molar-refractivity contribution in [2.75, 3.05) is 27.4 Å². The summed E-state index contributed by atoms with van der Waals surface area (Å²) in [5, 5.41) is 2.37. The van der Waals surface area contributed by atoms with Crippen molar-refractivity contribution in [2.24, 2.45) is 0 Å². The van der Waals surface area contributed by atoms with Gasteiger partial charge in [-0.15, -0.1) is 0 Å². The summed E-state index contributed by atoms with van der Waals surface area (Å²) in [5.41, 5.74) is 0.381. The lowest BCUT2D eigenvalue weighted by Gasteiger charge is -2.06. The maximum atomic E-state index is 11.7. The van der Waals surface area contributed by atoms with Gasteiger partial charge >= 0.3 is 11.9 Å². The molecule has 0 atom stereocenters.